The minimum absolute atomic E-state index is 0. The summed E-state index contributed by atoms with van der Waals surface area (Å²) in [4.78, 5) is -1.05. The van der Waals surface area contributed by atoms with Gasteiger partial charge in [0.15, 0.2) is 0 Å². The fourth-order valence-electron chi connectivity index (χ4n) is 2.20. The molecule has 1 saturated heterocycles. The summed E-state index contributed by atoms with van der Waals surface area (Å²) < 4.78 is 102. The lowest BCUT2D eigenvalue weighted by molar-refractivity contribution is -0.143. The molecular weight excluding hydrogens is 386 g/mol. The van der Waals surface area contributed by atoms with E-state index in [4.69, 9.17) is 5.73 Å². The minimum Gasteiger partial charge on any atom is -0.326 e. The molecule has 0 aliphatic carbocycles. The van der Waals surface area contributed by atoms with Gasteiger partial charge in [-0.3, -0.25) is 0 Å². The van der Waals surface area contributed by atoms with Gasteiger partial charge >= 0.3 is 12.4 Å². The Hall–Kier alpha value is -1.04. The van der Waals surface area contributed by atoms with Crippen molar-refractivity contribution in [2.75, 3.05) is 13.1 Å². The summed E-state index contributed by atoms with van der Waals surface area (Å²) in [5, 5.41) is 0. The molecule has 2 N–H and O–H groups in total. The van der Waals surface area contributed by atoms with Crippen molar-refractivity contribution in [2.24, 2.45) is 5.73 Å². The molecule has 0 radical (unpaired) electrons. The second kappa shape index (κ2) is 6.70. The Balaban J connectivity index is 0.00000288. The van der Waals surface area contributed by atoms with Crippen LogP contribution in [-0.4, -0.2) is 31.9 Å². The molecule has 24 heavy (non-hydrogen) atoms. The predicted octanol–water partition coefficient (Wildman–Crippen LogP) is 2.87. The second-order valence-electron chi connectivity index (χ2n) is 5.15. The zero-order valence-corrected chi connectivity index (χ0v) is 13.5. The lowest BCUT2D eigenvalue weighted by Gasteiger charge is -2.19. The van der Waals surface area contributed by atoms with Crippen molar-refractivity contribution in [2.45, 2.75) is 29.7 Å². The molecule has 1 unspecified atom stereocenters. The summed E-state index contributed by atoms with van der Waals surface area (Å²) in [5.74, 6) is 0. The van der Waals surface area contributed by atoms with E-state index in [1.165, 1.54) is 0 Å². The molecule has 1 aromatic carbocycles. The Labute approximate surface area is 140 Å². The molecule has 1 heterocycles. The van der Waals surface area contributed by atoms with Crippen LogP contribution in [0.4, 0.5) is 26.3 Å². The maximum absolute atomic E-state index is 12.8. The fraction of sp³-hybridized carbons (Fsp3) is 0.500. The van der Waals surface area contributed by atoms with Crippen LogP contribution in [0.3, 0.4) is 0 Å². The third-order valence-electron chi connectivity index (χ3n) is 3.39. The largest absolute Gasteiger partial charge is 0.416 e. The van der Waals surface area contributed by atoms with E-state index in [1.54, 1.807) is 0 Å². The number of alkyl halides is 6. The zero-order chi connectivity index (χ0) is 17.6. The molecule has 0 bridgehead atoms. The van der Waals surface area contributed by atoms with E-state index in [-0.39, 0.29) is 50.1 Å². The average Bonchev–Trinajstić information content (AvgIpc) is 2.83. The number of rotatable bonds is 2. The topological polar surface area (TPSA) is 63.4 Å². The molecule has 4 nitrogen and oxygen atoms in total. The summed E-state index contributed by atoms with van der Waals surface area (Å²) >= 11 is 0. The second-order valence-corrected chi connectivity index (χ2v) is 7.09. The first-order valence-corrected chi connectivity index (χ1v) is 7.81. The number of halogens is 7. The number of hydrogen-bond acceptors (Lipinski definition) is 3. The van der Waals surface area contributed by atoms with Gasteiger partial charge in [0.05, 0.1) is 16.0 Å². The molecule has 138 valence electrons. The Bertz CT molecular complexity index is 672. The van der Waals surface area contributed by atoms with Gasteiger partial charge in [-0.1, -0.05) is 0 Å². The van der Waals surface area contributed by atoms with Crippen molar-refractivity contribution in [1.29, 1.82) is 0 Å². The van der Waals surface area contributed by atoms with Crippen LogP contribution in [0.15, 0.2) is 23.1 Å². The maximum atomic E-state index is 12.8. The first kappa shape index (κ1) is 21.0. The van der Waals surface area contributed by atoms with Crippen molar-refractivity contribution in [1.82, 2.24) is 4.31 Å². The Morgan fingerprint density at radius 2 is 1.46 bits per heavy atom. The smallest absolute Gasteiger partial charge is 0.326 e. The number of sulfonamides is 1. The Kier molecular flexibility index (Phi) is 5.86. The van der Waals surface area contributed by atoms with Crippen molar-refractivity contribution in [3.05, 3.63) is 29.3 Å². The SMILES string of the molecule is Cl.NC1CCN(S(=O)(=O)c2cc(C(F)(F)F)cc(C(F)(F)F)c2)C1. The highest BCUT2D eigenvalue weighted by Gasteiger charge is 2.40. The van der Waals surface area contributed by atoms with Gasteiger partial charge in [0, 0.05) is 19.1 Å². The van der Waals surface area contributed by atoms with Gasteiger partial charge in [0.2, 0.25) is 10.0 Å². The summed E-state index contributed by atoms with van der Waals surface area (Å²) in [6, 6.07) is -0.213. The zero-order valence-electron chi connectivity index (χ0n) is 11.9. The lowest BCUT2D eigenvalue weighted by atomic mass is 10.1. The maximum Gasteiger partial charge on any atom is 0.416 e. The molecule has 1 atom stereocenters. The van der Waals surface area contributed by atoms with E-state index in [0.717, 1.165) is 4.31 Å². The first-order valence-electron chi connectivity index (χ1n) is 6.37. The molecule has 0 aromatic heterocycles. The molecular formula is C12H13ClF6N2O2S. The first-order chi connectivity index (χ1) is 10.3. The summed E-state index contributed by atoms with van der Waals surface area (Å²) in [5.41, 5.74) is 2.19. The summed E-state index contributed by atoms with van der Waals surface area (Å²) in [7, 11) is -4.48. The highest BCUT2D eigenvalue weighted by Crippen LogP contribution is 2.38. The van der Waals surface area contributed by atoms with Gasteiger partial charge in [-0.05, 0) is 24.6 Å². The van der Waals surface area contributed by atoms with Crippen LogP contribution < -0.4 is 5.73 Å². The highest BCUT2D eigenvalue weighted by molar-refractivity contribution is 7.89. The van der Waals surface area contributed by atoms with Crippen LogP contribution in [0.25, 0.3) is 0 Å². The summed E-state index contributed by atoms with van der Waals surface area (Å²) in [6.07, 6.45) is -9.93. The van der Waals surface area contributed by atoms with Crippen molar-refractivity contribution in [3.63, 3.8) is 0 Å². The number of benzene rings is 1. The van der Waals surface area contributed by atoms with Crippen LogP contribution in [0.2, 0.25) is 0 Å². The third-order valence-corrected chi connectivity index (χ3v) is 5.23. The molecule has 0 spiro atoms. The predicted molar refractivity (Wildman–Crippen MR) is 75.0 cm³/mol. The van der Waals surface area contributed by atoms with Crippen LogP contribution in [0.1, 0.15) is 17.5 Å². The van der Waals surface area contributed by atoms with Crippen LogP contribution >= 0.6 is 12.4 Å². The van der Waals surface area contributed by atoms with Crippen LogP contribution in [-0.2, 0) is 22.4 Å². The lowest BCUT2D eigenvalue weighted by Crippen LogP contribution is -2.32. The average molecular weight is 399 g/mol. The monoisotopic (exact) mass is 398 g/mol. The molecule has 1 aliphatic heterocycles. The number of nitrogens with zero attached hydrogens (tertiary/aromatic N) is 1. The van der Waals surface area contributed by atoms with Gasteiger partial charge in [0.1, 0.15) is 0 Å². The van der Waals surface area contributed by atoms with E-state index in [9.17, 15) is 34.8 Å². The van der Waals surface area contributed by atoms with Crippen molar-refractivity contribution < 1.29 is 34.8 Å². The number of nitrogens with two attached hydrogens (primary N) is 1. The van der Waals surface area contributed by atoms with Gasteiger partial charge in [-0.15, -0.1) is 12.4 Å². The van der Waals surface area contributed by atoms with Crippen molar-refractivity contribution in [3.8, 4) is 0 Å². The molecule has 1 aromatic rings. The van der Waals surface area contributed by atoms with Gasteiger partial charge in [0.25, 0.3) is 0 Å². The van der Waals surface area contributed by atoms with Crippen molar-refractivity contribution >= 4 is 22.4 Å². The summed E-state index contributed by atoms with van der Waals surface area (Å²) in [6.45, 7) is -0.207. The van der Waals surface area contributed by atoms with Crippen LogP contribution in [0.5, 0.6) is 0 Å². The standard InChI is InChI=1S/C12H12F6N2O2S.ClH/c13-11(14,15)7-3-8(12(16,17)18)5-10(4-7)23(21,22)20-2-1-9(19)6-20;/h3-5,9H,1-2,6,19H2;1H. The van der Waals surface area contributed by atoms with Gasteiger partial charge in [-0.2, -0.15) is 30.6 Å². The highest BCUT2D eigenvalue weighted by atomic mass is 35.5. The number of hydrogen-bond donors (Lipinski definition) is 1. The molecule has 0 saturated carbocycles. The third kappa shape index (κ3) is 4.32. The van der Waals surface area contributed by atoms with E-state index >= 15 is 0 Å². The van der Waals surface area contributed by atoms with Gasteiger partial charge in [-0.25, -0.2) is 8.42 Å². The normalized spacial score (nSPS) is 20.0. The van der Waals surface area contributed by atoms with E-state index in [2.05, 4.69) is 0 Å². The fourth-order valence-corrected chi connectivity index (χ4v) is 3.78. The molecule has 1 fully saturated rings. The Morgan fingerprint density at radius 3 is 1.79 bits per heavy atom. The van der Waals surface area contributed by atoms with E-state index in [1.807, 2.05) is 0 Å². The van der Waals surface area contributed by atoms with Gasteiger partial charge < -0.3 is 5.73 Å². The van der Waals surface area contributed by atoms with Crippen LogP contribution in [0, 0.1) is 0 Å². The quantitative estimate of drug-likeness (QED) is 0.779. The van der Waals surface area contributed by atoms with E-state index < -0.39 is 44.4 Å². The Morgan fingerprint density at radius 1 is 1.00 bits per heavy atom. The van der Waals surface area contributed by atoms with E-state index in [0.29, 0.717) is 0 Å². The molecule has 1 aliphatic rings. The molecule has 2 rings (SSSR count). The molecule has 12 heteroatoms. The molecule has 0 amide bonds. The minimum atomic E-state index is -5.10.